The summed E-state index contributed by atoms with van der Waals surface area (Å²) >= 11 is 0. The van der Waals surface area contributed by atoms with Crippen molar-refractivity contribution in [1.82, 2.24) is 0 Å². The van der Waals surface area contributed by atoms with Crippen LogP contribution in [0.2, 0.25) is 0 Å². The van der Waals surface area contributed by atoms with E-state index in [0.717, 1.165) is 12.8 Å². The Labute approximate surface area is 87.0 Å². The van der Waals surface area contributed by atoms with Crippen molar-refractivity contribution in [3.8, 4) is 12.3 Å². The van der Waals surface area contributed by atoms with Crippen LogP contribution in [0.3, 0.4) is 0 Å². The zero-order valence-electron chi connectivity index (χ0n) is 9.64. The Morgan fingerprint density at radius 3 is 2.36 bits per heavy atom. The van der Waals surface area contributed by atoms with Crippen LogP contribution in [0.5, 0.6) is 0 Å². The van der Waals surface area contributed by atoms with Gasteiger partial charge in [0.1, 0.15) is 12.3 Å². The third-order valence-electron chi connectivity index (χ3n) is 1.81. The molecule has 14 heavy (non-hydrogen) atoms. The van der Waals surface area contributed by atoms with E-state index in [0.29, 0.717) is 6.42 Å². The quantitative estimate of drug-likeness (QED) is 0.618. The maximum atomic E-state index is 13.5. The van der Waals surface area contributed by atoms with Crippen LogP contribution < -0.4 is 0 Å². The molecule has 2 atom stereocenters. The van der Waals surface area contributed by atoms with Crippen LogP contribution in [0.25, 0.3) is 0 Å². The molecule has 0 saturated carbocycles. The predicted molar refractivity (Wildman–Crippen MR) is 57.9 cm³/mol. The van der Waals surface area contributed by atoms with Gasteiger partial charge in [0.25, 0.3) is 0 Å². The van der Waals surface area contributed by atoms with Crippen LogP contribution in [-0.4, -0.2) is 17.9 Å². The molecule has 0 fully saturated rings. The Morgan fingerprint density at radius 2 is 2.00 bits per heavy atom. The van der Waals surface area contributed by atoms with Crippen LogP contribution in [0, 0.1) is 12.3 Å². The first-order valence-electron chi connectivity index (χ1n) is 5.18. The van der Waals surface area contributed by atoms with Gasteiger partial charge in [0.15, 0.2) is 0 Å². The summed E-state index contributed by atoms with van der Waals surface area (Å²) in [7, 11) is 0. The molecule has 0 N–H and O–H groups in total. The summed E-state index contributed by atoms with van der Waals surface area (Å²) in [6.07, 6.45) is 5.81. The van der Waals surface area contributed by atoms with Gasteiger partial charge < -0.3 is 4.74 Å². The molecule has 0 aliphatic heterocycles. The molecule has 0 aromatic carbocycles. The molecule has 1 nitrogen and oxygen atoms in total. The molecule has 0 saturated heterocycles. The summed E-state index contributed by atoms with van der Waals surface area (Å²) < 4.78 is 19.0. The van der Waals surface area contributed by atoms with Gasteiger partial charge in [-0.2, -0.15) is 0 Å². The van der Waals surface area contributed by atoms with Gasteiger partial charge in [-0.15, -0.1) is 6.42 Å². The van der Waals surface area contributed by atoms with Crippen molar-refractivity contribution in [3.63, 3.8) is 0 Å². The van der Waals surface area contributed by atoms with Gasteiger partial charge in [0.05, 0.1) is 5.60 Å². The van der Waals surface area contributed by atoms with Gasteiger partial charge in [0.2, 0.25) is 0 Å². The number of halogens is 1. The van der Waals surface area contributed by atoms with E-state index in [4.69, 9.17) is 11.2 Å². The first-order valence-corrected chi connectivity index (χ1v) is 5.18. The molecule has 0 aromatic heterocycles. The van der Waals surface area contributed by atoms with Crippen molar-refractivity contribution in [2.24, 2.45) is 0 Å². The van der Waals surface area contributed by atoms with E-state index in [-0.39, 0.29) is 5.60 Å². The highest BCUT2D eigenvalue weighted by Crippen LogP contribution is 2.18. The summed E-state index contributed by atoms with van der Waals surface area (Å²) in [5.41, 5.74) is -0.381. The average molecular weight is 200 g/mol. The lowest BCUT2D eigenvalue weighted by molar-refractivity contribution is -0.0654. The normalized spacial score (nSPS) is 16.0. The zero-order valence-corrected chi connectivity index (χ0v) is 9.64. The fraction of sp³-hybridized carbons (Fsp3) is 0.833. The second-order valence-electron chi connectivity index (χ2n) is 4.48. The lowest BCUT2D eigenvalue weighted by Crippen LogP contribution is -2.33. The Balaban J connectivity index is 4.08. The number of ether oxygens (including phenoxy) is 1. The third kappa shape index (κ3) is 5.99. The third-order valence-corrected chi connectivity index (χ3v) is 1.81. The number of unbranched alkanes of at least 4 members (excludes halogenated alkanes) is 1. The van der Waals surface area contributed by atoms with Crippen molar-refractivity contribution < 1.29 is 9.13 Å². The maximum absolute atomic E-state index is 13.5. The molecule has 0 aromatic rings. The Morgan fingerprint density at radius 1 is 1.43 bits per heavy atom. The van der Waals surface area contributed by atoms with Crippen molar-refractivity contribution in [2.75, 3.05) is 0 Å². The van der Waals surface area contributed by atoms with Gasteiger partial charge in [0, 0.05) is 0 Å². The minimum atomic E-state index is -1.04. The maximum Gasteiger partial charge on any atom is 0.149 e. The van der Waals surface area contributed by atoms with Gasteiger partial charge in [-0.3, -0.25) is 0 Å². The Bertz CT molecular complexity index is 187. The minimum absolute atomic E-state index is 0.381. The van der Waals surface area contributed by atoms with Gasteiger partial charge in [-0.05, 0) is 27.2 Å². The predicted octanol–water partition coefficient (Wildman–Crippen LogP) is 3.33. The summed E-state index contributed by atoms with van der Waals surface area (Å²) in [5, 5.41) is 0. The molecule has 0 bridgehead atoms. The largest absolute Gasteiger partial charge is 0.357 e. The minimum Gasteiger partial charge on any atom is -0.357 e. The molecule has 0 heterocycles. The first kappa shape index (κ1) is 13.4. The van der Waals surface area contributed by atoms with Crippen LogP contribution in [0.1, 0.15) is 47.0 Å². The zero-order chi connectivity index (χ0) is 11.2. The monoisotopic (exact) mass is 200 g/mol. The van der Waals surface area contributed by atoms with Crippen LogP contribution >= 0.6 is 0 Å². The number of alkyl halides is 1. The van der Waals surface area contributed by atoms with Gasteiger partial charge in [-0.25, -0.2) is 4.39 Å². The highest BCUT2D eigenvalue weighted by molar-refractivity contribution is 4.99. The van der Waals surface area contributed by atoms with Crippen LogP contribution in [-0.2, 0) is 4.74 Å². The van der Waals surface area contributed by atoms with E-state index in [1.165, 1.54) is 0 Å². The number of terminal acetylenes is 1. The molecular formula is C12H21FO. The highest BCUT2D eigenvalue weighted by Gasteiger charge is 2.24. The van der Waals surface area contributed by atoms with Gasteiger partial charge >= 0.3 is 0 Å². The SMILES string of the molecule is C#C[C@H](OC(C)(C)C)[C@H](F)CCCC. The second kappa shape index (κ2) is 6.03. The topological polar surface area (TPSA) is 9.23 Å². The molecule has 2 heteroatoms. The summed E-state index contributed by atoms with van der Waals surface area (Å²) in [6, 6.07) is 0. The average Bonchev–Trinajstić information content (AvgIpc) is 2.08. The fourth-order valence-corrected chi connectivity index (χ4v) is 1.14. The molecule has 0 spiro atoms. The first-order chi connectivity index (χ1) is 6.40. The lowest BCUT2D eigenvalue weighted by Gasteiger charge is -2.26. The smallest absolute Gasteiger partial charge is 0.149 e. The second-order valence-corrected chi connectivity index (χ2v) is 4.48. The summed E-state index contributed by atoms with van der Waals surface area (Å²) in [4.78, 5) is 0. The molecule has 0 aliphatic rings. The number of rotatable bonds is 5. The van der Waals surface area contributed by atoms with E-state index in [1.54, 1.807) is 0 Å². The van der Waals surface area contributed by atoms with Crippen molar-refractivity contribution in [1.29, 1.82) is 0 Å². The highest BCUT2D eigenvalue weighted by atomic mass is 19.1. The standard InChI is InChI=1S/C12H21FO/c1-6-8-9-10(13)11(7-2)14-12(3,4)5/h2,10-11H,6,8-9H2,1,3-5H3/t10-,11+/m1/s1. The van der Waals surface area contributed by atoms with Crippen molar-refractivity contribution >= 4 is 0 Å². The molecular weight excluding hydrogens is 179 g/mol. The van der Waals surface area contributed by atoms with E-state index < -0.39 is 12.3 Å². The molecule has 82 valence electrons. The summed E-state index contributed by atoms with van der Waals surface area (Å²) in [6.45, 7) is 7.67. The molecule has 0 aliphatic carbocycles. The Kier molecular flexibility index (Phi) is 5.79. The van der Waals surface area contributed by atoms with E-state index in [1.807, 2.05) is 27.7 Å². The van der Waals surface area contributed by atoms with Crippen LogP contribution in [0.4, 0.5) is 4.39 Å². The summed E-state index contributed by atoms with van der Waals surface area (Å²) in [5.74, 6) is 2.37. The molecule has 0 unspecified atom stereocenters. The Hall–Kier alpha value is -0.550. The van der Waals surface area contributed by atoms with Crippen LogP contribution in [0.15, 0.2) is 0 Å². The van der Waals surface area contributed by atoms with E-state index in [9.17, 15) is 4.39 Å². The number of hydrogen-bond acceptors (Lipinski definition) is 1. The fourth-order valence-electron chi connectivity index (χ4n) is 1.14. The molecule has 0 amide bonds. The molecule has 0 radical (unpaired) electrons. The number of hydrogen-bond donors (Lipinski definition) is 0. The van der Waals surface area contributed by atoms with Crippen molar-refractivity contribution in [3.05, 3.63) is 0 Å². The molecule has 0 rings (SSSR count). The van der Waals surface area contributed by atoms with E-state index in [2.05, 4.69) is 5.92 Å². The van der Waals surface area contributed by atoms with Gasteiger partial charge in [-0.1, -0.05) is 25.7 Å². The lowest BCUT2D eigenvalue weighted by atomic mass is 10.1. The van der Waals surface area contributed by atoms with E-state index >= 15 is 0 Å². The van der Waals surface area contributed by atoms with Crippen molar-refractivity contribution in [2.45, 2.75) is 64.8 Å².